The second-order valence-corrected chi connectivity index (χ2v) is 5.29. The van der Waals surface area contributed by atoms with Crippen LogP contribution in [0.3, 0.4) is 0 Å². The van der Waals surface area contributed by atoms with Crippen molar-refractivity contribution in [2.45, 2.75) is 38.2 Å². The molecule has 0 aliphatic heterocycles. The Balaban J connectivity index is 2.03. The normalized spacial score (nSPS) is 16.8. The van der Waals surface area contributed by atoms with Crippen molar-refractivity contribution in [2.24, 2.45) is 0 Å². The third-order valence-electron chi connectivity index (χ3n) is 2.76. The number of esters is 1. The van der Waals surface area contributed by atoms with E-state index in [9.17, 15) is 4.79 Å². The maximum atomic E-state index is 11.3. The standard InChI is InChI=1S/C11H14ClNO3S/c1-15-10(14)8-9(12)13-11(17-8)16-7-5-3-2-4-6-7/h7H,2-6H2,1H3. The van der Waals surface area contributed by atoms with Crippen LogP contribution in [0.25, 0.3) is 0 Å². The quantitative estimate of drug-likeness (QED) is 0.794. The molecule has 1 aliphatic carbocycles. The zero-order valence-electron chi connectivity index (χ0n) is 9.57. The molecule has 1 saturated carbocycles. The van der Waals surface area contributed by atoms with Crippen LogP contribution < -0.4 is 4.74 Å². The number of hydrogen-bond donors (Lipinski definition) is 0. The van der Waals surface area contributed by atoms with Gasteiger partial charge in [-0.2, -0.15) is 4.98 Å². The van der Waals surface area contributed by atoms with E-state index in [1.807, 2.05) is 0 Å². The van der Waals surface area contributed by atoms with E-state index < -0.39 is 5.97 Å². The van der Waals surface area contributed by atoms with Crippen molar-refractivity contribution in [2.75, 3.05) is 7.11 Å². The summed E-state index contributed by atoms with van der Waals surface area (Å²) in [6.07, 6.45) is 5.94. The highest BCUT2D eigenvalue weighted by molar-refractivity contribution is 7.15. The van der Waals surface area contributed by atoms with Crippen molar-refractivity contribution in [1.82, 2.24) is 4.98 Å². The first-order valence-electron chi connectivity index (χ1n) is 5.62. The second-order valence-electron chi connectivity index (χ2n) is 3.97. The van der Waals surface area contributed by atoms with Crippen LogP contribution in [0, 0.1) is 0 Å². The molecular formula is C11H14ClNO3S. The van der Waals surface area contributed by atoms with E-state index in [-0.39, 0.29) is 11.3 Å². The van der Waals surface area contributed by atoms with E-state index in [0.717, 1.165) is 24.2 Å². The minimum atomic E-state index is -0.467. The molecule has 1 aromatic rings. The van der Waals surface area contributed by atoms with E-state index in [0.29, 0.717) is 10.1 Å². The summed E-state index contributed by atoms with van der Waals surface area (Å²) in [6.45, 7) is 0. The maximum absolute atomic E-state index is 11.3. The molecule has 2 rings (SSSR count). The Morgan fingerprint density at radius 1 is 1.41 bits per heavy atom. The zero-order chi connectivity index (χ0) is 12.3. The van der Waals surface area contributed by atoms with Gasteiger partial charge >= 0.3 is 5.97 Å². The summed E-state index contributed by atoms with van der Waals surface area (Å²) in [5.74, 6) is -0.467. The fraction of sp³-hybridized carbons (Fsp3) is 0.636. The van der Waals surface area contributed by atoms with Gasteiger partial charge in [0.2, 0.25) is 0 Å². The number of hydrogen-bond acceptors (Lipinski definition) is 5. The van der Waals surface area contributed by atoms with Gasteiger partial charge in [-0.3, -0.25) is 0 Å². The highest BCUT2D eigenvalue weighted by Gasteiger charge is 2.21. The molecule has 1 aliphatic rings. The second kappa shape index (κ2) is 5.69. The number of methoxy groups -OCH3 is 1. The molecule has 4 nitrogen and oxygen atoms in total. The lowest BCUT2D eigenvalue weighted by molar-refractivity contribution is 0.0606. The largest absolute Gasteiger partial charge is 0.467 e. The number of ether oxygens (including phenoxy) is 2. The van der Waals surface area contributed by atoms with E-state index in [1.54, 1.807) is 0 Å². The topological polar surface area (TPSA) is 48.4 Å². The molecule has 0 radical (unpaired) electrons. The van der Waals surface area contributed by atoms with Crippen LogP contribution >= 0.6 is 22.9 Å². The zero-order valence-corrected chi connectivity index (χ0v) is 11.1. The lowest BCUT2D eigenvalue weighted by atomic mass is 9.98. The van der Waals surface area contributed by atoms with E-state index >= 15 is 0 Å². The number of nitrogens with zero attached hydrogens (tertiary/aromatic N) is 1. The average molecular weight is 276 g/mol. The monoisotopic (exact) mass is 275 g/mol. The smallest absolute Gasteiger partial charge is 0.351 e. The molecule has 0 unspecified atom stereocenters. The molecule has 0 bridgehead atoms. The van der Waals surface area contributed by atoms with Gasteiger partial charge in [-0.05, 0) is 25.7 Å². The number of rotatable bonds is 3. The molecule has 0 atom stereocenters. The van der Waals surface area contributed by atoms with Gasteiger partial charge in [0.15, 0.2) is 10.0 Å². The van der Waals surface area contributed by atoms with Gasteiger partial charge in [0.25, 0.3) is 5.19 Å². The van der Waals surface area contributed by atoms with Gasteiger partial charge < -0.3 is 9.47 Å². The summed E-state index contributed by atoms with van der Waals surface area (Å²) in [5, 5.41) is 0.620. The molecular weight excluding hydrogens is 262 g/mol. The summed E-state index contributed by atoms with van der Waals surface area (Å²) < 4.78 is 10.3. The molecule has 1 fully saturated rings. The fourth-order valence-electron chi connectivity index (χ4n) is 1.88. The van der Waals surface area contributed by atoms with Crippen LogP contribution in [0.5, 0.6) is 5.19 Å². The Labute approximate surface area is 109 Å². The number of aromatic nitrogens is 1. The molecule has 0 amide bonds. The first kappa shape index (κ1) is 12.6. The SMILES string of the molecule is COC(=O)c1sc(OC2CCCCC2)nc1Cl. The molecule has 1 heterocycles. The van der Waals surface area contributed by atoms with Gasteiger partial charge in [-0.1, -0.05) is 29.4 Å². The fourth-order valence-corrected chi connectivity index (χ4v) is 2.99. The van der Waals surface area contributed by atoms with Crippen LogP contribution in [-0.4, -0.2) is 24.2 Å². The first-order valence-corrected chi connectivity index (χ1v) is 6.81. The van der Waals surface area contributed by atoms with Gasteiger partial charge in [0.05, 0.1) is 7.11 Å². The third-order valence-corrected chi connectivity index (χ3v) is 4.07. The van der Waals surface area contributed by atoms with Crippen LogP contribution in [0.1, 0.15) is 41.8 Å². The van der Waals surface area contributed by atoms with E-state index in [2.05, 4.69) is 9.72 Å². The maximum Gasteiger partial charge on any atom is 0.351 e. The summed E-state index contributed by atoms with van der Waals surface area (Å²) in [4.78, 5) is 15.7. The van der Waals surface area contributed by atoms with Crippen molar-refractivity contribution in [3.63, 3.8) is 0 Å². The van der Waals surface area contributed by atoms with Crippen molar-refractivity contribution in [3.8, 4) is 5.19 Å². The lowest BCUT2D eigenvalue weighted by Crippen LogP contribution is -2.19. The molecule has 6 heteroatoms. The van der Waals surface area contributed by atoms with Gasteiger partial charge in [0, 0.05) is 0 Å². The van der Waals surface area contributed by atoms with Crippen molar-refractivity contribution in [3.05, 3.63) is 10.0 Å². The minimum absolute atomic E-state index is 0.160. The Morgan fingerprint density at radius 2 is 2.12 bits per heavy atom. The Morgan fingerprint density at radius 3 is 2.76 bits per heavy atom. The number of thiazole rings is 1. The Bertz CT molecular complexity index is 401. The molecule has 0 spiro atoms. The predicted molar refractivity (Wildman–Crippen MR) is 66.0 cm³/mol. The van der Waals surface area contributed by atoms with Gasteiger partial charge in [-0.15, -0.1) is 0 Å². The van der Waals surface area contributed by atoms with Gasteiger partial charge in [0.1, 0.15) is 6.10 Å². The number of carbonyl (C=O) groups is 1. The Kier molecular flexibility index (Phi) is 4.23. The summed E-state index contributed by atoms with van der Waals surface area (Å²) in [6, 6.07) is 0. The molecule has 0 aromatic carbocycles. The minimum Gasteiger partial charge on any atom is -0.467 e. The van der Waals surface area contributed by atoms with Crippen molar-refractivity contribution >= 4 is 28.9 Å². The lowest BCUT2D eigenvalue weighted by Gasteiger charge is -2.21. The number of halogens is 1. The molecule has 0 N–H and O–H groups in total. The molecule has 17 heavy (non-hydrogen) atoms. The average Bonchev–Trinajstić information content (AvgIpc) is 2.70. The van der Waals surface area contributed by atoms with Crippen LogP contribution in [-0.2, 0) is 4.74 Å². The van der Waals surface area contributed by atoms with Crippen LogP contribution in [0.4, 0.5) is 0 Å². The Hall–Kier alpha value is -0.810. The first-order chi connectivity index (χ1) is 8.20. The van der Waals surface area contributed by atoms with E-state index in [1.165, 1.54) is 26.4 Å². The predicted octanol–water partition coefficient (Wildman–Crippen LogP) is 3.29. The van der Waals surface area contributed by atoms with Gasteiger partial charge in [-0.25, -0.2) is 4.79 Å². The van der Waals surface area contributed by atoms with Crippen molar-refractivity contribution < 1.29 is 14.3 Å². The third kappa shape index (κ3) is 3.10. The van der Waals surface area contributed by atoms with Crippen LogP contribution in [0.2, 0.25) is 5.15 Å². The number of carbonyl (C=O) groups excluding carboxylic acids is 1. The highest BCUT2D eigenvalue weighted by atomic mass is 35.5. The van der Waals surface area contributed by atoms with Crippen LogP contribution in [0.15, 0.2) is 0 Å². The molecule has 0 saturated heterocycles. The molecule has 1 aromatic heterocycles. The summed E-state index contributed by atoms with van der Waals surface area (Å²) >= 11 is 7.00. The molecule has 94 valence electrons. The summed E-state index contributed by atoms with van der Waals surface area (Å²) in [5.41, 5.74) is 0. The summed E-state index contributed by atoms with van der Waals surface area (Å²) in [7, 11) is 1.32. The van der Waals surface area contributed by atoms with Crippen molar-refractivity contribution in [1.29, 1.82) is 0 Å². The van der Waals surface area contributed by atoms with E-state index in [4.69, 9.17) is 16.3 Å². The highest BCUT2D eigenvalue weighted by Crippen LogP contribution is 2.32.